The zero-order valence-electron chi connectivity index (χ0n) is 11.0. The Kier molecular flexibility index (Phi) is 3.15. The van der Waals surface area contributed by atoms with Gasteiger partial charge in [0.1, 0.15) is 23.7 Å². The Morgan fingerprint density at radius 3 is 3.15 bits per heavy atom. The van der Waals surface area contributed by atoms with E-state index in [1.54, 1.807) is 6.92 Å². The maximum Gasteiger partial charge on any atom is 0.270 e. The topological polar surface area (TPSA) is 87.2 Å². The first kappa shape index (κ1) is 12.7. The number of aromatic nitrogens is 2. The summed E-state index contributed by atoms with van der Waals surface area (Å²) < 4.78 is 5.64. The van der Waals surface area contributed by atoms with Crippen molar-refractivity contribution in [2.45, 2.75) is 19.6 Å². The van der Waals surface area contributed by atoms with Gasteiger partial charge in [0.25, 0.3) is 5.91 Å². The van der Waals surface area contributed by atoms with E-state index < -0.39 is 0 Å². The number of para-hydroxylation sites is 1. The number of nitrogens with one attached hydrogen (secondary N) is 2. The number of H-pyrrole nitrogens is 1. The van der Waals surface area contributed by atoms with Gasteiger partial charge in [-0.25, -0.2) is 0 Å². The van der Waals surface area contributed by atoms with Gasteiger partial charge in [0.05, 0.1) is 6.61 Å². The number of aromatic amines is 1. The Balaban J connectivity index is 1.95. The highest BCUT2D eigenvalue weighted by atomic mass is 16.5. The van der Waals surface area contributed by atoms with Gasteiger partial charge in [0.15, 0.2) is 0 Å². The van der Waals surface area contributed by atoms with E-state index in [1.165, 1.54) is 0 Å². The average molecular weight is 273 g/mol. The van der Waals surface area contributed by atoms with Crippen LogP contribution in [0.3, 0.4) is 0 Å². The molecule has 1 atom stereocenters. The predicted octanol–water partition coefficient (Wildman–Crippen LogP) is 1.08. The number of benzene rings is 1. The molecule has 0 unspecified atom stereocenters. The zero-order valence-corrected chi connectivity index (χ0v) is 11.0. The lowest BCUT2D eigenvalue weighted by molar-refractivity contribution is 0.0914. The van der Waals surface area contributed by atoms with E-state index in [0.29, 0.717) is 12.3 Å². The number of nitrogens with zero attached hydrogens (tertiary/aromatic N) is 1. The molecule has 3 rings (SSSR count). The number of carbonyl (C=O) groups excluding carboxylic acids is 1. The van der Waals surface area contributed by atoms with Crippen LogP contribution in [0.25, 0.3) is 11.3 Å². The van der Waals surface area contributed by atoms with Crippen LogP contribution in [0, 0.1) is 0 Å². The fourth-order valence-electron chi connectivity index (χ4n) is 2.20. The zero-order chi connectivity index (χ0) is 14.1. The third kappa shape index (κ3) is 2.04. The second-order valence-electron chi connectivity index (χ2n) is 4.77. The van der Waals surface area contributed by atoms with Gasteiger partial charge in [-0.05, 0) is 19.1 Å². The lowest BCUT2D eigenvalue weighted by Crippen LogP contribution is -2.35. The highest BCUT2D eigenvalue weighted by Gasteiger charge is 2.26. The van der Waals surface area contributed by atoms with E-state index in [4.69, 9.17) is 9.84 Å². The Morgan fingerprint density at radius 1 is 1.55 bits per heavy atom. The van der Waals surface area contributed by atoms with Crippen molar-refractivity contribution in [3.8, 4) is 17.0 Å². The SMILES string of the molecule is C[C@H](CO)NC(=O)c1[nH]nc2c1COc1ccccc1-2. The molecule has 1 amide bonds. The average Bonchev–Trinajstić information content (AvgIpc) is 2.91. The van der Waals surface area contributed by atoms with Crippen LogP contribution < -0.4 is 10.1 Å². The van der Waals surface area contributed by atoms with Gasteiger partial charge in [-0.2, -0.15) is 5.10 Å². The van der Waals surface area contributed by atoms with Crippen molar-refractivity contribution >= 4 is 5.91 Å². The molecular formula is C14H15N3O3. The number of aliphatic hydroxyl groups excluding tert-OH is 1. The van der Waals surface area contributed by atoms with Crippen LogP contribution in [0.4, 0.5) is 0 Å². The summed E-state index contributed by atoms with van der Waals surface area (Å²) in [4.78, 5) is 12.1. The summed E-state index contributed by atoms with van der Waals surface area (Å²) in [6.45, 7) is 1.92. The van der Waals surface area contributed by atoms with Crippen molar-refractivity contribution in [2.75, 3.05) is 6.61 Å². The highest BCUT2D eigenvalue weighted by Crippen LogP contribution is 2.36. The van der Waals surface area contributed by atoms with Crippen LogP contribution in [0.15, 0.2) is 24.3 Å². The molecule has 1 aliphatic heterocycles. The number of carbonyl (C=O) groups is 1. The van der Waals surface area contributed by atoms with Gasteiger partial charge in [-0.1, -0.05) is 12.1 Å². The van der Waals surface area contributed by atoms with Gasteiger partial charge in [0, 0.05) is 17.2 Å². The van der Waals surface area contributed by atoms with Gasteiger partial charge in [0.2, 0.25) is 0 Å². The molecule has 6 nitrogen and oxygen atoms in total. The van der Waals surface area contributed by atoms with E-state index in [1.807, 2.05) is 24.3 Å². The number of aliphatic hydroxyl groups is 1. The molecule has 2 aromatic rings. The molecule has 104 valence electrons. The third-order valence-electron chi connectivity index (χ3n) is 3.26. The third-order valence-corrected chi connectivity index (χ3v) is 3.26. The molecule has 0 fully saturated rings. The van der Waals surface area contributed by atoms with Crippen LogP contribution in [-0.2, 0) is 6.61 Å². The van der Waals surface area contributed by atoms with Crippen LogP contribution in [0.5, 0.6) is 5.75 Å². The standard InChI is InChI=1S/C14H15N3O3/c1-8(6-18)15-14(19)13-10-7-20-11-5-3-2-4-9(11)12(10)16-17-13/h2-5,8,18H,6-7H2,1H3,(H,15,19)(H,16,17)/t8-/m1/s1. The summed E-state index contributed by atoms with van der Waals surface area (Å²) in [6, 6.07) is 7.28. The molecule has 0 bridgehead atoms. The number of hydrogen-bond acceptors (Lipinski definition) is 4. The van der Waals surface area contributed by atoms with Crippen molar-refractivity contribution in [2.24, 2.45) is 0 Å². The lowest BCUT2D eigenvalue weighted by Gasteiger charge is -2.17. The van der Waals surface area contributed by atoms with Crippen molar-refractivity contribution in [3.63, 3.8) is 0 Å². The van der Waals surface area contributed by atoms with Gasteiger partial charge >= 0.3 is 0 Å². The molecule has 1 aromatic heterocycles. The number of fused-ring (bicyclic) bond motifs is 3. The molecular weight excluding hydrogens is 258 g/mol. The van der Waals surface area contributed by atoms with Crippen LogP contribution in [0.1, 0.15) is 23.0 Å². The Bertz CT molecular complexity index is 651. The minimum absolute atomic E-state index is 0.110. The first-order valence-corrected chi connectivity index (χ1v) is 6.42. The molecule has 1 aliphatic rings. The smallest absolute Gasteiger partial charge is 0.270 e. The normalized spacial score (nSPS) is 13.9. The number of rotatable bonds is 3. The summed E-state index contributed by atoms with van der Waals surface area (Å²) in [5, 5.41) is 18.7. The number of hydrogen-bond donors (Lipinski definition) is 3. The van der Waals surface area contributed by atoms with E-state index >= 15 is 0 Å². The Hall–Kier alpha value is -2.34. The van der Waals surface area contributed by atoms with E-state index in [-0.39, 0.29) is 18.6 Å². The fourth-order valence-corrected chi connectivity index (χ4v) is 2.20. The number of amides is 1. The predicted molar refractivity (Wildman–Crippen MR) is 72.4 cm³/mol. The van der Waals surface area contributed by atoms with E-state index in [9.17, 15) is 4.79 Å². The van der Waals surface area contributed by atoms with Gasteiger partial charge in [-0.15, -0.1) is 0 Å². The first-order chi connectivity index (χ1) is 9.70. The Morgan fingerprint density at radius 2 is 2.35 bits per heavy atom. The quantitative estimate of drug-likeness (QED) is 0.781. The van der Waals surface area contributed by atoms with Crippen molar-refractivity contribution in [1.82, 2.24) is 15.5 Å². The summed E-state index contributed by atoms with van der Waals surface area (Å²) in [5.41, 5.74) is 2.74. The molecule has 0 saturated carbocycles. The molecule has 6 heteroatoms. The largest absolute Gasteiger partial charge is 0.488 e. The minimum atomic E-state index is -0.307. The minimum Gasteiger partial charge on any atom is -0.488 e. The summed E-state index contributed by atoms with van der Waals surface area (Å²) in [7, 11) is 0. The van der Waals surface area contributed by atoms with Crippen LogP contribution in [0.2, 0.25) is 0 Å². The van der Waals surface area contributed by atoms with Crippen molar-refractivity contribution < 1.29 is 14.6 Å². The van der Waals surface area contributed by atoms with Crippen LogP contribution in [-0.4, -0.2) is 33.9 Å². The molecule has 0 spiro atoms. The first-order valence-electron chi connectivity index (χ1n) is 6.42. The molecule has 0 saturated heterocycles. The van der Waals surface area contributed by atoms with Crippen molar-refractivity contribution in [3.05, 3.63) is 35.5 Å². The highest BCUT2D eigenvalue weighted by molar-refractivity contribution is 5.96. The molecule has 0 aliphatic carbocycles. The lowest BCUT2D eigenvalue weighted by atomic mass is 10.0. The molecule has 1 aromatic carbocycles. The van der Waals surface area contributed by atoms with E-state index in [0.717, 1.165) is 22.6 Å². The van der Waals surface area contributed by atoms with Gasteiger partial charge < -0.3 is 15.2 Å². The van der Waals surface area contributed by atoms with Crippen LogP contribution >= 0.6 is 0 Å². The van der Waals surface area contributed by atoms with E-state index in [2.05, 4.69) is 15.5 Å². The van der Waals surface area contributed by atoms with Crippen molar-refractivity contribution in [1.29, 1.82) is 0 Å². The monoisotopic (exact) mass is 273 g/mol. The molecule has 20 heavy (non-hydrogen) atoms. The summed E-state index contributed by atoms with van der Waals surface area (Å²) in [5.74, 6) is 0.477. The number of ether oxygens (including phenoxy) is 1. The summed E-state index contributed by atoms with van der Waals surface area (Å²) >= 11 is 0. The summed E-state index contributed by atoms with van der Waals surface area (Å²) in [6.07, 6.45) is 0. The molecule has 3 N–H and O–H groups in total. The Labute approximate surface area is 115 Å². The van der Waals surface area contributed by atoms with Gasteiger partial charge in [-0.3, -0.25) is 9.89 Å². The second kappa shape index (κ2) is 4.97. The molecule has 2 heterocycles. The fraction of sp³-hybridized carbons (Fsp3) is 0.286. The maximum absolute atomic E-state index is 12.1. The molecule has 0 radical (unpaired) electrons. The second-order valence-corrected chi connectivity index (χ2v) is 4.77. The maximum atomic E-state index is 12.1.